The maximum absolute atomic E-state index is 11.7. The van der Waals surface area contributed by atoms with Crippen molar-refractivity contribution in [2.24, 2.45) is 5.73 Å². The van der Waals surface area contributed by atoms with Crippen LogP contribution in [0.5, 0.6) is 5.75 Å². The van der Waals surface area contributed by atoms with Gasteiger partial charge in [-0.05, 0) is 35.9 Å². The molecule has 0 aromatic heterocycles. The third kappa shape index (κ3) is 4.36. The molecule has 1 amide bonds. The van der Waals surface area contributed by atoms with Crippen LogP contribution in [0.4, 0.5) is 5.69 Å². The monoisotopic (exact) mass is 334 g/mol. The molecule has 0 aliphatic carbocycles. The lowest BCUT2D eigenvalue weighted by atomic mass is 10.2. The minimum Gasteiger partial charge on any atom is -0.484 e. The zero-order valence-corrected chi connectivity index (χ0v) is 12.4. The molecule has 0 saturated carbocycles. The summed E-state index contributed by atoms with van der Waals surface area (Å²) >= 11 is 3.35. The number of hydrogen-bond donors (Lipinski definition) is 2. The van der Waals surface area contributed by atoms with Gasteiger partial charge in [0.05, 0.1) is 0 Å². The average molecular weight is 335 g/mol. The van der Waals surface area contributed by atoms with Gasteiger partial charge in [-0.15, -0.1) is 0 Å². The number of halogens is 1. The van der Waals surface area contributed by atoms with Crippen molar-refractivity contribution in [2.45, 2.75) is 6.54 Å². The van der Waals surface area contributed by atoms with Crippen LogP contribution in [0, 0.1) is 0 Å². The van der Waals surface area contributed by atoms with Crippen molar-refractivity contribution in [3.05, 3.63) is 58.6 Å². The average Bonchev–Trinajstić information content (AvgIpc) is 2.46. The summed E-state index contributed by atoms with van der Waals surface area (Å²) in [6.45, 7) is 0.456. The van der Waals surface area contributed by atoms with E-state index in [1.165, 1.54) is 0 Å². The highest BCUT2D eigenvalue weighted by atomic mass is 79.9. The third-order valence-corrected chi connectivity index (χ3v) is 3.13. The second-order valence-corrected chi connectivity index (χ2v) is 5.11. The van der Waals surface area contributed by atoms with E-state index >= 15 is 0 Å². The first-order valence-electron chi connectivity index (χ1n) is 6.14. The maximum Gasteiger partial charge on any atom is 0.262 e. The number of carbonyl (C=O) groups excluding carboxylic acids is 1. The summed E-state index contributed by atoms with van der Waals surface area (Å²) in [5, 5.41) is 2.76. The van der Waals surface area contributed by atoms with E-state index in [4.69, 9.17) is 10.5 Å². The van der Waals surface area contributed by atoms with Crippen molar-refractivity contribution in [1.29, 1.82) is 0 Å². The van der Waals surface area contributed by atoms with Crippen LogP contribution in [-0.4, -0.2) is 12.5 Å². The Balaban J connectivity index is 1.85. The minimum atomic E-state index is -0.203. The molecule has 0 spiro atoms. The van der Waals surface area contributed by atoms with Gasteiger partial charge in [-0.3, -0.25) is 4.79 Å². The quantitative estimate of drug-likeness (QED) is 0.883. The summed E-state index contributed by atoms with van der Waals surface area (Å²) in [5.41, 5.74) is 7.26. The molecule has 0 fully saturated rings. The molecule has 0 atom stereocenters. The van der Waals surface area contributed by atoms with E-state index in [0.29, 0.717) is 12.3 Å². The molecule has 3 N–H and O–H groups in total. The van der Waals surface area contributed by atoms with Crippen LogP contribution in [0.15, 0.2) is 53.0 Å². The first kappa shape index (κ1) is 14.6. The molecule has 2 rings (SSSR count). The molecule has 0 unspecified atom stereocenters. The Morgan fingerprint density at radius 3 is 2.60 bits per heavy atom. The van der Waals surface area contributed by atoms with Gasteiger partial charge in [-0.2, -0.15) is 0 Å². The van der Waals surface area contributed by atoms with Gasteiger partial charge in [-0.25, -0.2) is 0 Å². The van der Waals surface area contributed by atoms with E-state index in [9.17, 15) is 4.79 Å². The van der Waals surface area contributed by atoms with Crippen molar-refractivity contribution in [1.82, 2.24) is 0 Å². The Morgan fingerprint density at radius 2 is 1.95 bits per heavy atom. The first-order valence-corrected chi connectivity index (χ1v) is 6.94. The van der Waals surface area contributed by atoms with Crippen molar-refractivity contribution < 1.29 is 9.53 Å². The summed E-state index contributed by atoms with van der Waals surface area (Å²) < 4.78 is 6.32. The Hall–Kier alpha value is -1.85. The highest BCUT2D eigenvalue weighted by molar-refractivity contribution is 9.10. The van der Waals surface area contributed by atoms with Gasteiger partial charge in [0.15, 0.2) is 6.61 Å². The number of benzene rings is 2. The predicted molar refractivity (Wildman–Crippen MR) is 82.6 cm³/mol. The Labute approximate surface area is 126 Å². The smallest absolute Gasteiger partial charge is 0.262 e. The van der Waals surface area contributed by atoms with Crippen LogP contribution in [-0.2, 0) is 11.3 Å². The molecule has 0 bridgehead atoms. The van der Waals surface area contributed by atoms with Crippen LogP contribution < -0.4 is 15.8 Å². The topological polar surface area (TPSA) is 64.3 Å². The summed E-state index contributed by atoms with van der Waals surface area (Å²) in [5.74, 6) is 0.442. The van der Waals surface area contributed by atoms with Crippen LogP contribution >= 0.6 is 15.9 Å². The fourth-order valence-corrected chi connectivity index (χ4v) is 2.03. The van der Waals surface area contributed by atoms with Gasteiger partial charge in [0.1, 0.15) is 5.75 Å². The SMILES string of the molecule is NCc1ccc(OCC(=O)Nc2cccc(Br)c2)cc1. The fraction of sp³-hybridized carbons (Fsp3) is 0.133. The number of ether oxygens (including phenoxy) is 1. The second kappa shape index (κ2) is 7.07. The van der Waals surface area contributed by atoms with E-state index in [2.05, 4.69) is 21.2 Å². The van der Waals surface area contributed by atoms with E-state index in [1.54, 1.807) is 12.1 Å². The van der Waals surface area contributed by atoms with E-state index < -0.39 is 0 Å². The highest BCUT2D eigenvalue weighted by Crippen LogP contribution is 2.16. The molecule has 0 aliphatic rings. The first-order chi connectivity index (χ1) is 9.67. The van der Waals surface area contributed by atoms with Crippen LogP contribution in [0.1, 0.15) is 5.56 Å². The normalized spacial score (nSPS) is 10.1. The summed E-state index contributed by atoms with van der Waals surface area (Å²) in [4.78, 5) is 11.7. The zero-order chi connectivity index (χ0) is 14.4. The molecule has 104 valence electrons. The van der Waals surface area contributed by atoms with Gasteiger partial charge in [0.25, 0.3) is 5.91 Å². The number of hydrogen-bond acceptors (Lipinski definition) is 3. The Morgan fingerprint density at radius 1 is 1.20 bits per heavy atom. The standard InChI is InChI=1S/C15H15BrN2O2/c16-12-2-1-3-13(8-12)18-15(19)10-20-14-6-4-11(9-17)5-7-14/h1-8H,9-10,17H2,(H,18,19). The second-order valence-electron chi connectivity index (χ2n) is 4.20. The minimum absolute atomic E-state index is 0.0332. The highest BCUT2D eigenvalue weighted by Gasteiger charge is 2.04. The number of anilines is 1. The fourth-order valence-electron chi connectivity index (χ4n) is 1.63. The summed E-state index contributed by atoms with van der Waals surface area (Å²) in [6, 6.07) is 14.7. The van der Waals surface area contributed by atoms with Gasteiger partial charge in [0.2, 0.25) is 0 Å². The summed E-state index contributed by atoms with van der Waals surface area (Å²) in [6.07, 6.45) is 0. The molecule has 4 nitrogen and oxygen atoms in total. The van der Waals surface area contributed by atoms with Gasteiger partial charge in [-0.1, -0.05) is 34.1 Å². The van der Waals surface area contributed by atoms with Crippen molar-refractivity contribution in [3.8, 4) is 5.75 Å². The number of amides is 1. The molecule has 0 saturated heterocycles. The number of nitrogens with one attached hydrogen (secondary N) is 1. The third-order valence-electron chi connectivity index (χ3n) is 2.64. The molecule has 5 heteroatoms. The summed E-state index contributed by atoms with van der Waals surface area (Å²) in [7, 11) is 0. The van der Waals surface area contributed by atoms with Crippen LogP contribution in [0.2, 0.25) is 0 Å². The molecule has 0 heterocycles. The lowest BCUT2D eigenvalue weighted by Crippen LogP contribution is -2.20. The van der Waals surface area contributed by atoms with Gasteiger partial charge < -0.3 is 15.8 Å². The predicted octanol–water partition coefficient (Wildman–Crippen LogP) is 2.93. The lowest BCUT2D eigenvalue weighted by Gasteiger charge is -2.08. The van der Waals surface area contributed by atoms with Gasteiger partial charge in [0, 0.05) is 16.7 Å². The Kier molecular flexibility index (Phi) is 5.15. The lowest BCUT2D eigenvalue weighted by molar-refractivity contribution is -0.118. The van der Waals surface area contributed by atoms with Crippen molar-refractivity contribution in [2.75, 3.05) is 11.9 Å². The number of rotatable bonds is 5. The molecule has 0 aliphatic heterocycles. The maximum atomic E-state index is 11.7. The molecular formula is C15H15BrN2O2. The molecule has 2 aromatic carbocycles. The molecule has 20 heavy (non-hydrogen) atoms. The largest absolute Gasteiger partial charge is 0.484 e. The van der Waals surface area contributed by atoms with E-state index in [0.717, 1.165) is 15.7 Å². The number of carbonyl (C=O) groups is 1. The van der Waals surface area contributed by atoms with Crippen molar-refractivity contribution >= 4 is 27.5 Å². The molecule has 2 aromatic rings. The molecular weight excluding hydrogens is 320 g/mol. The van der Waals surface area contributed by atoms with Crippen LogP contribution in [0.25, 0.3) is 0 Å². The van der Waals surface area contributed by atoms with E-state index in [1.807, 2.05) is 36.4 Å². The zero-order valence-electron chi connectivity index (χ0n) is 10.8. The van der Waals surface area contributed by atoms with Gasteiger partial charge >= 0.3 is 0 Å². The van der Waals surface area contributed by atoms with Crippen LogP contribution in [0.3, 0.4) is 0 Å². The van der Waals surface area contributed by atoms with E-state index in [-0.39, 0.29) is 12.5 Å². The van der Waals surface area contributed by atoms with Crippen molar-refractivity contribution in [3.63, 3.8) is 0 Å². The number of nitrogens with two attached hydrogens (primary N) is 1. The molecule has 0 radical (unpaired) electrons. The Bertz CT molecular complexity index is 585.